The lowest BCUT2D eigenvalue weighted by Crippen LogP contribution is -2.30. The molecule has 128 valence electrons. The maximum atomic E-state index is 12.7. The number of aryl methyl sites for hydroxylation is 2. The number of aromatic nitrogens is 2. The van der Waals surface area contributed by atoms with E-state index in [1.807, 2.05) is 0 Å². The van der Waals surface area contributed by atoms with Gasteiger partial charge in [-0.25, -0.2) is 13.2 Å². The third-order valence-corrected chi connectivity index (χ3v) is 6.32. The van der Waals surface area contributed by atoms with E-state index in [-0.39, 0.29) is 28.9 Å². The second-order valence-corrected chi connectivity index (χ2v) is 7.74. The van der Waals surface area contributed by atoms with Crippen LogP contribution in [0.2, 0.25) is 0 Å². The van der Waals surface area contributed by atoms with E-state index in [9.17, 15) is 13.2 Å². The first kappa shape index (κ1) is 18.0. The smallest absolute Gasteiger partial charge is 0.328 e. The van der Waals surface area contributed by atoms with Crippen LogP contribution in [0.15, 0.2) is 27.9 Å². The molecule has 0 saturated carbocycles. The molecule has 1 atom stereocenters. The first-order chi connectivity index (χ1) is 10.4. The number of halogens is 1. The van der Waals surface area contributed by atoms with E-state index in [1.165, 1.54) is 13.4 Å². The van der Waals surface area contributed by atoms with Crippen LogP contribution in [0.3, 0.4) is 0 Å². The topological polar surface area (TPSA) is 90.3 Å². The molecule has 9 heteroatoms. The molecule has 0 radical (unpaired) electrons. The van der Waals surface area contributed by atoms with Crippen LogP contribution in [-0.2, 0) is 24.1 Å². The van der Waals surface area contributed by atoms with Gasteiger partial charge in [0.05, 0.1) is 15.9 Å². The van der Waals surface area contributed by atoms with Gasteiger partial charge in [-0.3, -0.25) is 9.13 Å². The van der Waals surface area contributed by atoms with E-state index < -0.39 is 10.0 Å². The van der Waals surface area contributed by atoms with Crippen molar-refractivity contribution in [3.05, 3.63) is 28.7 Å². The number of nitrogens with two attached hydrogens (primary N) is 1. The van der Waals surface area contributed by atoms with Gasteiger partial charge in [-0.05, 0) is 37.1 Å². The van der Waals surface area contributed by atoms with Crippen molar-refractivity contribution in [3.8, 4) is 0 Å². The van der Waals surface area contributed by atoms with Gasteiger partial charge in [0.2, 0.25) is 10.0 Å². The summed E-state index contributed by atoms with van der Waals surface area (Å²) in [7, 11) is -0.228. The van der Waals surface area contributed by atoms with Crippen molar-refractivity contribution in [3.63, 3.8) is 0 Å². The molecule has 1 aromatic carbocycles. The molecule has 1 aliphatic rings. The van der Waals surface area contributed by atoms with Gasteiger partial charge >= 0.3 is 5.69 Å². The molecule has 3 rings (SSSR count). The van der Waals surface area contributed by atoms with Gasteiger partial charge in [0.1, 0.15) is 0 Å². The number of benzene rings is 1. The molecule has 23 heavy (non-hydrogen) atoms. The van der Waals surface area contributed by atoms with Crippen LogP contribution in [0.25, 0.3) is 11.0 Å². The van der Waals surface area contributed by atoms with Gasteiger partial charge < -0.3 is 5.73 Å². The summed E-state index contributed by atoms with van der Waals surface area (Å²) in [6, 6.07) is 4.81. The Bertz CT molecular complexity index is 887. The molecule has 0 bridgehead atoms. The molecule has 1 saturated heterocycles. The van der Waals surface area contributed by atoms with Crippen molar-refractivity contribution in [2.45, 2.75) is 11.3 Å². The molecule has 1 aliphatic heterocycles. The molecule has 2 N–H and O–H groups in total. The standard InChI is InChI=1S/C14H20N4O3S.ClH/c1-16-12-4-3-11(7-13(12)17(2)14(16)19)22(20,21)18-6-5-10(8-15)9-18;/h3-4,7,10H,5-6,8-9,15H2,1-2H3;1H. The van der Waals surface area contributed by atoms with Crippen LogP contribution >= 0.6 is 12.4 Å². The number of hydrogen-bond acceptors (Lipinski definition) is 4. The summed E-state index contributed by atoms with van der Waals surface area (Å²) in [6.07, 6.45) is 0.793. The number of hydrogen-bond donors (Lipinski definition) is 1. The highest BCUT2D eigenvalue weighted by molar-refractivity contribution is 7.89. The van der Waals surface area contributed by atoms with Crippen molar-refractivity contribution in [2.75, 3.05) is 19.6 Å². The molecule has 1 fully saturated rings. The van der Waals surface area contributed by atoms with Gasteiger partial charge in [-0.1, -0.05) is 0 Å². The Morgan fingerprint density at radius 3 is 2.48 bits per heavy atom. The summed E-state index contributed by atoms with van der Waals surface area (Å²) in [5.74, 6) is 0.222. The van der Waals surface area contributed by atoms with Crippen LogP contribution in [0.1, 0.15) is 6.42 Å². The monoisotopic (exact) mass is 360 g/mol. The number of nitrogens with zero attached hydrogens (tertiary/aromatic N) is 3. The summed E-state index contributed by atoms with van der Waals surface area (Å²) in [4.78, 5) is 12.2. The summed E-state index contributed by atoms with van der Waals surface area (Å²) < 4.78 is 29.9. The highest BCUT2D eigenvalue weighted by atomic mass is 35.5. The Labute approximate surface area is 141 Å². The highest BCUT2D eigenvalue weighted by Crippen LogP contribution is 2.25. The zero-order chi connectivity index (χ0) is 16.1. The van der Waals surface area contributed by atoms with Gasteiger partial charge in [0.15, 0.2) is 0 Å². The van der Waals surface area contributed by atoms with E-state index in [1.54, 1.807) is 32.3 Å². The number of imidazole rings is 1. The van der Waals surface area contributed by atoms with Crippen molar-refractivity contribution in [1.82, 2.24) is 13.4 Å². The summed E-state index contributed by atoms with van der Waals surface area (Å²) in [5.41, 5.74) is 6.79. The summed E-state index contributed by atoms with van der Waals surface area (Å²) in [5, 5.41) is 0. The molecule has 2 aromatic rings. The Hall–Kier alpha value is -1.35. The number of rotatable bonds is 3. The Morgan fingerprint density at radius 2 is 1.87 bits per heavy atom. The zero-order valence-electron chi connectivity index (χ0n) is 13.1. The van der Waals surface area contributed by atoms with E-state index in [4.69, 9.17) is 5.73 Å². The largest absolute Gasteiger partial charge is 0.330 e. The van der Waals surface area contributed by atoms with E-state index in [0.717, 1.165) is 6.42 Å². The minimum absolute atomic E-state index is 0. The fourth-order valence-corrected chi connectivity index (χ4v) is 4.56. The molecule has 7 nitrogen and oxygen atoms in total. The van der Waals surface area contributed by atoms with Crippen molar-refractivity contribution in [1.29, 1.82) is 0 Å². The Balaban J connectivity index is 0.00000192. The molecule has 1 aromatic heterocycles. The van der Waals surface area contributed by atoms with Crippen LogP contribution in [0.4, 0.5) is 0 Å². The fourth-order valence-electron chi connectivity index (χ4n) is 3.00. The van der Waals surface area contributed by atoms with Gasteiger partial charge in [-0.15, -0.1) is 12.4 Å². The first-order valence-corrected chi connectivity index (χ1v) is 8.66. The van der Waals surface area contributed by atoms with Crippen LogP contribution in [0.5, 0.6) is 0 Å². The quantitative estimate of drug-likeness (QED) is 0.850. The van der Waals surface area contributed by atoms with E-state index in [0.29, 0.717) is 30.7 Å². The average molecular weight is 361 g/mol. The van der Waals surface area contributed by atoms with Gasteiger partial charge in [0.25, 0.3) is 0 Å². The molecule has 0 spiro atoms. The number of sulfonamides is 1. The third-order valence-electron chi connectivity index (χ3n) is 4.46. The maximum absolute atomic E-state index is 12.7. The number of fused-ring (bicyclic) bond motifs is 1. The highest BCUT2D eigenvalue weighted by Gasteiger charge is 2.32. The lowest BCUT2D eigenvalue weighted by Gasteiger charge is -2.16. The SMILES string of the molecule is Cl.Cn1c(=O)n(C)c2cc(S(=O)(=O)N3CCC(CN)C3)ccc21. The molecular formula is C14H21ClN4O3S. The van der Waals surface area contributed by atoms with E-state index >= 15 is 0 Å². The van der Waals surface area contributed by atoms with Gasteiger partial charge in [-0.2, -0.15) is 4.31 Å². The molecule has 2 heterocycles. The minimum atomic E-state index is -3.54. The predicted molar refractivity (Wildman–Crippen MR) is 91.3 cm³/mol. The van der Waals surface area contributed by atoms with Gasteiger partial charge in [0, 0.05) is 27.2 Å². The normalized spacial score (nSPS) is 19.2. The van der Waals surface area contributed by atoms with Crippen LogP contribution in [0, 0.1) is 5.92 Å². The average Bonchev–Trinajstić information content (AvgIpc) is 3.08. The lowest BCUT2D eigenvalue weighted by molar-refractivity contribution is 0.459. The van der Waals surface area contributed by atoms with Crippen LogP contribution < -0.4 is 11.4 Å². The lowest BCUT2D eigenvalue weighted by atomic mass is 10.1. The zero-order valence-corrected chi connectivity index (χ0v) is 14.7. The third kappa shape index (κ3) is 2.80. The Morgan fingerprint density at radius 1 is 1.22 bits per heavy atom. The summed E-state index contributed by atoms with van der Waals surface area (Å²) in [6.45, 7) is 1.46. The summed E-state index contributed by atoms with van der Waals surface area (Å²) >= 11 is 0. The maximum Gasteiger partial charge on any atom is 0.328 e. The predicted octanol–water partition coefficient (Wildman–Crippen LogP) is 0.268. The van der Waals surface area contributed by atoms with Crippen molar-refractivity contribution in [2.24, 2.45) is 25.7 Å². The van der Waals surface area contributed by atoms with Crippen molar-refractivity contribution >= 4 is 33.5 Å². The fraction of sp³-hybridized carbons (Fsp3) is 0.500. The molecular weight excluding hydrogens is 340 g/mol. The second-order valence-electron chi connectivity index (χ2n) is 5.80. The van der Waals surface area contributed by atoms with Crippen LogP contribution in [-0.4, -0.2) is 41.5 Å². The molecule has 0 aliphatic carbocycles. The molecule has 1 unspecified atom stereocenters. The van der Waals surface area contributed by atoms with Crippen molar-refractivity contribution < 1.29 is 8.42 Å². The minimum Gasteiger partial charge on any atom is -0.330 e. The second kappa shape index (κ2) is 6.27. The first-order valence-electron chi connectivity index (χ1n) is 7.22. The molecule has 0 amide bonds. The Kier molecular flexibility index (Phi) is 4.91. The van der Waals surface area contributed by atoms with E-state index in [2.05, 4.69) is 0 Å².